The Hall–Kier alpha value is -1.55. The number of hydrogen-bond donors (Lipinski definition) is 2. The van der Waals surface area contributed by atoms with E-state index in [2.05, 4.69) is 52.8 Å². The predicted molar refractivity (Wildman–Crippen MR) is 90.0 cm³/mol. The molecule has 120 valence electrons. The number of benzene rings is 1. The van der Waals surface area contributed by atoms with Crippen LogP contribution in [0, 0.1) is 5.92 Å². The Balaban J connectivity index is 1.46. The van der Waals surface area contributed by atoms with Crippen molar-refractivity contribution in [1.82, 2.24) is 10.6 Å². The van der Waals surface area contributed by atoms with Gasteiger partial charge in [-0.25, -0.2) is 0 Å². The van der Waals surface area contributed by atoms with Crippen molar-refractivity contribution < 1.29 is 4.79 Å². The van der Waals surface area contributed by atoms with Crippen LogP contribution < -0.4 is 15.5 Å². The first-order valence-electron chi connectivity index (χ1n) is 8.56. The maximum absolute atomic E-state index is 12.4. The number of nitrogens with one attached hydrogen (secondary N) is 2. The average molecular weight is 301 g/mol. The molecule has 2 atom stereocenters. The number of hydrogen-bond acceptors (Lipinski definition) is 3. The van der Waals surface area contributed by atoms with Crippen molar-refractivity contribution in [1.29, 1.82) is 0 Å². The predicted octanol–water partition coefficient (Wildman–Crippen LogP) is 2.16. The second-order valence-electron chi connectivity index (χ2n) is 6.68. The van der Waals surface area contributed by atoms with Gasteiger partial charge in [0.1, 0.15) is 0 Å². The Labute approximate surface area is 133 Å². The molecule has 2 heterocycles. The van der Waals surface area contributed by atoms with Crippen LogP contribution in [0.2, 0.25) is 0 Å². The van der Waals surface area contributed by atoms with Crippen LogP contribution in [0.5, 0.6) is 0 Å². The van der Waals surface area contributed by atoms with Gasteiger partial charge in [0.05, 0.1) is 0 Å². The third-order valence-corrected chi connectivity index (χ3v) is 4.96. The van der Waals surface area contributed by atoms with Gasteiger partial charge in [-0.05, 0) is 51.3 Å². The average Bonchev–Trinajstić information content (AvgIpc) is 2.56. The van der Waals surface area contributed by atoms with Crippen molar-refractivity contribution in [3.63, 3.8) is 0 Å². The van der Waals surface area contributed by atoms with Gasteiger partial charge in [0.25, 0.3) is 0 Å². The minimum atomic E-state index is 0.198. The van der Waals surface area contributed by atoms with Crippen LogP contribution in [0.25, 0.3) is 0 Å². The molecule has 22 heavy (non-hydrogen) atoms. The smallest absolute Gasteiger partial charge is 0.223 e. The summed E-state index contributed by atoms with van der Waals surface area (Å²) in [6.45, 7) is 5.18. The molecule has 2 N–H and O–H groups in total. The molecule has 0 radical (unpaired) electrons. The summed E-state index contributed by atoms with van der Waals surface area (Å²) >= 11 is 0. The Morgan fingerprint density at radius 3 is 2.59 bits per heavy atom. The molecule has 0 bridgehead atoms. The third kappa shape index (κ3) is 3.80. The molecule has 2 aliphatic heterocycles. The summed E-state index contributed by atoms with van der Waals surface area (Å²) in [6.07, 6.45) is 4.02. The molecule has 1 aromatic rings. The van der Waals surface area contributed by atoms with Crippen molar-refractivity contribution in [3.05, 3.63) is 30.3 Å². The minimum Gasteiger partial charge on any atom is -0.371 e. The Kier molecular flexibility index (Phi) is 4.98. The number of piperidine rings is 2. The highest BCUT2D eigenvalue weighted by atomic mass is 16.1. The first-order chi connectivity index (χ1) is 10.7. The quantitative estimate of drug-likeness (QED) is 0.899. The highest BCUT2D eigenvalue weighted by molar-refractivity contribution is 5.79. The fourth-order valence-electron chi connectivity index (χ4n) is 3.61. The largest absolute Gasteiger partial charge is 0.371 e. The Bertz CT molecular complexity index is 482. The molecule has 2 aliphatic rings. The number of nitrogens with zero attached hydrogens (tertiary/aromatic N) is 1. The summed E-state index contributed by atoms with van der Waals surface area (Å²) in [6, 6.07) is 11.4. The number of carbonyl (C=O) groups excluding carboxylic acids is 1. The summed E-state index contributed by atoms with van der Waals surface area (Å²) in [5.41, 5.74) is 1.29. The molecule has 1 aromatic carbocycles. The van der Waals surface area contributed by atoms with Crippen LogP contribution in [0.3, 0.4) is 0 Å². The summed E-state index contributed by atoms with van der Waals surface area (Å²) in [7, 11) is 0. The van der Waals surface area contributed by atoms with Gasteiger partial charge in [-0.15, -0.1) is 0 Å². The lowest BCUT2D eigenvalue weighted by Gasteiger charge is -2.35. The fourth-order valence-corrected chi connectivity index (χ4v) is 3.61. The van der Waals surface area contributed by atoms with E-state index in [0.717, 1.165) is 45.3 Å². The van der Waals surface area contributed by atoms with E-state index in [1.54, 1.807) is 0 Å². The molecule has 0 aromatic heterocycles. The molecule has 2 fully saturated rings. The second-order valence-corrected chi connectivity index (χ2v) is 6.68. The van der Waals surface area contributed by atoms with E-state index >= 15 is 0 Å². The molecule has 0 saturated carbocycles. The highest BCUT2D eigenvalue weighted by Crippen LogP contribution is 2.21. The van der Waals surface area contributed by atoms with Gasteiger partial charge in [-0.2, -0.15) is 0 Å². The lowest BCUT2D eigenvalue weighted by atomic mass is 9.91. The van der Waals surface area contributed by atoms with E-state index < -0.39 is 0 Å². The van der Waals surface area contributed by atoms with E-state index in [-0.39, 0.29) is 11.8 Å². The van der Waals surface area contributed by atoms with E-state index in [4.69, 9.17) is 0 Å². The zero-order valence-corrected chi connectivity index (χ0v) is 13.4. The van der Waals surface area contributed by atoms with Gasteiger partial charge < -0.3 is 15.5 Å². The SMILES string of the molecule is C[C@H]1C[C@@H](C(=O)NC2CCN(c3ccccc3)CC2)CCN1. The van der Waals surface area contributed by atoms with Gasteiger partial charge in [0.2, 0.25) is 5.91 Å². The normalized spacial score (nSPS) is 26.7. The number of carbonyl (C=O) groups is 1. The summed E-state index contributed by atoms with van der Waals surface area (Å²) in [4.78, 5) is 14.8. The third-order valence-electron chi connectivity index (χ3n) is 4.96. The van der Waals surface area contributed by atoms with E-state index in [1.807, 2.05) is 0 Å². The lowest BCUT2D eigenvalue weighted by Crippen LogP contribution is -2.48. The van der Waals surface area contributed by atoms with Gasteiger partial charge in [-0.3, -0.25) is 4.79 Å². The highest BCUT2D eigenvalue weighted by Gasteiger charge is 2.27. The van der Waals surface area contributed by atoms with E-state index in [9.17, 15) is 4.79 Å². The van der Waals surface area contributed by atoms with Gasteiger partial charge >= 0.3 is 0 Å². The maximum Gasteiger partial charge on any atom is 0.223 e. The minimum absolute atomic E-state index is 0.198. The van der Waals surface area contributed by atoms with E-state index in [0.29, 0.717) is 12.1 Å². The Morgan fingerprint density at radius 2 is 1.91 bits per heavy atom. The molecule has 2 saturated heterocycles. The zero-order valence-electron chi connectivity index (χ0n) is 13.4. The van der Waals surface area contributed by atoms with Crippen LogP contribution >= 0.6 is 0 Å². The number of anilines is 1. The van der Waals surface area contributed by atoms with Crippen LogP contribution in [0.1, 0.15) is 32.6 Å². The van der Waals surface area contributed by atoms with Crippen molar-refractivity contribution in [2.75, 3.05) is 24.5 Å². The van der Waals surface area contributed by atoms with Crippen molar-refractivity contribution in [2.45, 2.75) is 44.7 Å². The first kappa shape index (κ1) is 15.3. The monoisotopic (exact) mass is 301 g/mol. The molecular formula is C18H27N3O. The molecule has 0 spiro atoms. The number of rotatable bonds is 3. The van der Waals surface area contributed by atoms with Gasteiger partial charge in [0, 0.05) is 36.8 Å². The molecule has 0 unspecified atom stereocenters. The van der Waals surface area contributed by atoms with Gasteiger partial charge in [0.15, 0.2) is 0 Å². The Morgan fingerprint density at radius 1 is 1.18 bits per heavy atom. The summed E-state index contributed by atoms with van der Waals surface area (Å²) in [5, 5.41) is 6.70. The van der Waals surface area contributed by atoms with Crippen LogP contribution in [-0.2, 0) is 4.79 Å². The second kappa shape index (κ2) is 7.14. The number of para-hydroxylation sites is 1. The molecule has 4 heteroatoms. The van der Waals surface area contributed by atoms with Crippen molar-refractivity contribution in [3.8, 4) is 0 Å². The van der Waals surface area contributed by atoms with Crippen LogP contribution in [0.15, 0.2) is 30.3 Å². The number of amides is 1. The van der Waals surface area contributed by atoms with Crippen LogP contribution in [0.4, 0.5) is 5.69 Å². The molecular weight excluding hydrogens is 274 g/mol. The standard InChI is InChI=1S/C18H27N3O/c1-14-13-15(7-10-19-14)18(22)20-16-8-11-21(12-9-16)17-5-3-2-4-6-17/h2-6,14-16,19H,7-13H2,1H3,(H,20,22)/t14-,15-/m0/s1. The lowest BCUT2D eigenvalue weighted by molar-refractivity contribution is -0.126. The first-order valence-corrected chi connectivity index (χ1v) is 8.56. The molecule has 3 rings (SSSR count). The fraction of sp³-hybridized carbons (Fsp3) is 0.611. The summed E-state index contributed by atoms with van der Waals surface area (Å²) in [5.74, 6) is 0.468. The maximum atomic E-state index is 12.4. The molecule has 4 nitrogen and oxygen atoms in total. The van der Waals surface area contributed by atoms with E-state index in [1.165, 1.54) is 5.69 Å². The van der Waals surface area contributed by atoms with Crippen molar-refractivity contribution in [2.24, 2.45) is 5.92 Å². The van der Waals surface area contributed by atoms with Crippen LogP contribution in [-0.4, -0.2) is 37.6 Å². The summed E-state index contributed by atoms with van der Waals surface area (Å²) < 4.78 is 0. The molecule has 0 aliphatic carbocycles. The topological polar surface area (TPSA) is 44.4 Å². The van der Waals surface area contributed by atoms with Crippen molar-refractivity contribution >= 4 is 11.6 Å². The zero-order chi connectivity index (χ0) is 15.4. The van der Waals surface area contributed by atoms with Gasteiger partial charge in [-0.1, -0.05) is 18.2 Å². The molecule has 1 amide bonds.